The second-order valence-corrected chi connectivity index (χ2v) is 5.00. The van der Waals surface area contributed by atoms with Crippen molar-refractivity contribution < 1.29 is 4.79 Å². The highest BCUT2D eigenvalue weighted by Crippen LogP contribution is 2.23. The minimum Gasteiger partial charge on any atom is -0.324 e. The first-order chi connectivity index (χ1) is 7.77. The fraction of sp³-hybridized carbons (Fsp3) is 0.500. The summed E-state index contributed by atoms with van der Waals surface area (Å²) in [6, 6.07) is 4.12. The molecule has 0 aliphatic carbocycles. The van der Waals surface area contributed by atoms with Gasteiger partial charge in [0.1, 0.15) is 0 Å². The van der Waals surface area contributed by atoms with Gasteiger partial charge >= 0.3 is 0 Å². The predicted molar refractivity (Wildman–Crippen MR) is 72.2 cm³/mol. The smallest absolute Gasteiger partial charge is 0.244 e. The number of rotatable bonds is 3. The minimum atomic E-state index is -0.816. The van der Waals surface area contributed by atoms with Crippen LogP contribution in [0.2, 0.25) is 0 Å². The molecule has 0 radical (unpaired) electrons. The molecule has 1 unspecified atom stereocenters. The van der Waals surface area contributed by atoms with E-state index in [0.717, 1.165) is 16.8 Å². The van der Waals surface area contributed by atoms with Gasteiger partial charge in [-0.2, -0.15) is 0 Å². The van der Waals surface area contributed by atoms with Crippen LogP contribution in [-0.4, -0.2) is 11.4 Å². The van der Waals surface area contributed by atoms with Gasteiger partial charge in [-0.15, -0.1) is 0 Å². The molecule has 0 aliphatic rings. The maximum Gasteiger partial charge on any atom is 0.244 e. The summed E-state index contributed by atoms with van der Waals surface area (Å²) in [6.07, 6.45) is 0.614. The molecule has 1 amide bonds. The normalized spacial score (nSPS) is 14.2. The van der Waals surface area contributed by atoms with Gasteiger partial charge in [-0.1, -0.05) is 24.6 Å². The van der Waals surface area contributed by atoms with Crippen molar-refractivity contribution in [3.05, 3.63) is 28.8 Å². The lowest BCUT2D eigenvalue weighted by Gasteiger charge is -2.23. The third-order valence-electron chi connectivity index (χ3n) is 3.17. The maximum absolute atomic E-state index is 12.0. The Morgan fingerprint density at radius 3 is 2.18 bits per heavy atom. The third-order valence-corrected chi connectivity index (χ3v) is 3.17. The number of anilines is 1. The van der Waals surface area contributed by atoms with Crippen molar-refractivity contribution in [3.63, 3.8) is 0 Å². The predicted octanol–water partition coefficient (Wildman–Crippen LogP) is 2.68. The molecule has 0 saturated heterocycles. The highest BCUT2D eigenvalue weighted by Gasteiger charge is 2.26. The molecule has 0 heterocycles. The molecule has 3 nitrogen and oxygen atoms in total. The zero-order valence-electron chi connectivity index (χ0n) is 11.3. The lowest BCUT2D eigenvalue weighted by atomic mass is 9.98. The van der Waals surface area contributed by atoms with Crippen LogP contribution in [-0.2, 0) is 4.79 Å². The fourth-order valence-electron chi connectivity index (χ4n) is 1.79. The Balaban J connectivity index is 3.01. The number of carbonyl (C=O) groups is 1. The zero-order valence-corrected chi connectivity index (χ0v) is 11.3. The first-order valence-electron chi connectivity index (χ1n) is 5.96. The van der Waals surface area contributed by atoms with E-state index in [4.69, 9.17) is 5.73 Å². The zero-order chi connectivity index (χ0) is 13.2. The first kappa shape index (κ1) is 13.7. The van der Waals surface area contributed by atoms with E-state index in [1.807, 2.05) is 27.7 Å². The van der Waals surface area contributed by atoms with Crippen LogP contribution < -0.4 is 11.1 Å². The van der Waals surface area contributed by atoms with Gasteiger partial charge in [0.15, 0.2) is 0 Å². The molecule has 1 aromatic rings. The first-order valence-corrected chi connectivity index (χ1v) is 5.96. The van der Waals surface area contributed by atoms with Crippen LogP contribution in [0, 0.1) is 20.8 Å². The molecular weight excluding hydrogens is 212 g/mol. The monoisotopic (exact) mass is 234 g/mol. The van der Waals surface area contributed by atoms with Crippen molar-refractivity contribution in [3.8, 4) is 0 Å². The second-order valence-electron chi connectivity index (χ2n) is 5.00. The molecule has 1 atom stereocenters. The Morgan fingerprint density at radius 1 is 1.29 bits per heavy atom. The fourth-order valence-corrected chi connectivity index (χ4v) is 1.79. The largest absolute Gasteiger partial charge is 0.324 e. The van der Waals surface area contributed by atoms with Crippen molar-refractivity contribution in [1.29, 1.82) is 0 Å². The Bertz CT molecular complexity index is 413. The Morgan fingerprint density at radius 2 is 1.76 bits per heavy atom. The van der Waals surface area contributed by atoms with Crippen molar-refractivity contribution in [2.45, 2.75) is 46.6 Å². The SMILES string of the molecule is CCC(C)(N)C(=O)Nc1c(C)cc(C)cc1C. The summed E-state index contributed by atoms with van der Waals surface area (Å²) in [4.78, 5) is 12.0. The maximum atomic E-state index is 12.0. The van der Waals surface area contributed by atoms with Crippen molar-refractivity contribution in [2.75, 3.05) is 5.32 Å². The highest BCUT2D eigenvalue weighted by atomic mass is 16.2. The molecule has 17 heavy (non-hydrogen) atoms. The third kappa shape index (κ3) is 3.07. The van der Waals surface area contributed by atoms with E-state index in [1.54, 1.807) is 6.92 Å². The standard InChI is InChI=1S/C14H22N2O/c1-6-14(5,15)13(17)16-12-10(3)7-9(2)8-11(12)4/h7-8H,6,15H2,1-5H3,(H,16,17). The molecule has 0 bridgehead atoms. The van der Waals surface area contributed by atoms with Crippen LogP contribution in [0.25, 0.3) is 0 Å². The number of nitrogens with one attached hydrogen (secondary N) is 1. The van der Waals surface area contributed by atoms with E-state index in [-0.39, 0.29) is 5.91 Å². The van der Waals surface area contributed by atoms with E-state index in [1.165, 1.54) is 5.56 Å². The van der Waals surface area contributed by atoms with Crippen LogP contribution in [0.15, 0.2) is 12.1 Å². The molecule has 0 aliphatic heterocycles. The van der Waals surface area contributed by atoms with Gasteiger partial charge in [0.2, 0.25) is 5.91 Å². The molecule has 1 rings (SSSR count). The van der Waals surface area contributed by atoms with E-state index in [9.17, 15) is 4.79 Å². The molecule has 1 aromatic carbocycles. The number of nitrogens with two attached hydrogens (primary N) is 1. The Labute approximate surface area is 103 Å². The van der Waals surface area contributed by atoms with Gasteiger partial charge in [0.25, 0.3) is 0 Å². The highest BCUT2D eigenvalue weighted by molar-refractivity contribution is 5.98. The molecule has 3 N–H and O–H groups in total. The van der Waals surface area contributed by atoms with Crippen LogP contribution in [0.3, 0.4) is 0 Å². The van der Waals surface area contributed by atoms with Crippen molar-refractivity contribution in [1.82, 2.24) is 0 Å². The van der Waals surface area contributed by atoms with Crippen LogP contribution >= 0.6 is 0 Å². The summed E-state index contributed by atoms with van der Waals surface area (Å²) in [6.45, 7) is 9.70. The molecule has 94 valence electrons. The van der Waals surface area contributed by atoms with E-state index in [0.29, 0.717) is 6.42 Å². The van der Waals surface area contributed by atoms with Crippen LogP contribution in [0.1, 0.15) is 37.0 Å². The van der Waals surface area contributed by atoms with Crippen LogP contribution in [0.5, 0.6) is 0 Å². The second kappa shape index (κ2) is 4.88. The average molecular weight is 234 g/mol. The molecule has 0 fully saturated rings. The summed E-state index contributed by atoms with van der Waals surface area (Å²) in [7, 11) is 0. The van der Waals surface area contributed by atoms with Crippen LogP contribution in [0.4, 0.5) is 5.69 Å². The molecule has 0 spiro atoms. The van der Waals surface area contributed by atoms with Gasteiger partial charge in [-0.25, -0.2) is 0 Å². The van der Waals surface area contributed by atoms with E-state index < -0.39 is 5.54 Å². The molecule has 0 saturated carbocycles. The Kier molecular flexibility index (Phi) is 3.94. The number of amides is 1. The number of aryl methyl sites for hydroxylation is 3. The number of hydrogen-bond acceptors (Lipinski definition) is 2. The molecule has 0 aromatic heterocycles. The number of hydrogen-bond donors (Lipinski definition) is 2. The lowest BCUT2D eigenvalue weighted by Crippen LogP contribution is -2.48. The van der Waals surface area contributed by atoms with Gasteiger partial charge in [-0.05, 0) is 45.2 Å². The number of carbonyl (C=O) groups excluding carboxylic acids is 1. The molecule has 3 heteroatoms. The quantitative estimate of drug-likeness (QED) is 0.844. The van der Waals surface area contributed by atoms with E-state index >= 15 is 0 Å². The summed E-state index contributed by atoms with van der Waals surface area (Å²) in [5, 5.41) is 2.93. The number of benzene rings is 1. The minimum absolute atomic E-state index is 0.130. The Hall–Kier alpha value is -1.35. The van der Waals surface area contributed by atoms with Gasteiger partial charge in [0, 0.05) is 5.69 Å². The van der Waals surface area contributed by atoms with Gasteiger partial charge in [0.05, 0.1) is 5.54 Å². The van der Waals surface area contributed by atoms with E-state index in [2.05, 4.69) is 17.4 Å². The summed E-state index contributed by atoms with van der Waals surface area (Å²) < 4.78 is 0. The van der Waals surface area contributed by atoms with Gasteiger partial charge < -0.3 is 11.1 Å². The summed E-state index contributed by atoms with van der Waals surface area (Å²) in [5.74, 6) is -0.130. The molecular formula is C14H22N2O. The average Bonchev–Trinajstić information content (AvgIpc) is 2.22. The summed E-state index contributed by atoms with van der Waals surface area (Å²) >= 11 is 0. The van der Waals surface area contributed by atoms with Crippen molar-refractivity contribution in [2.24, 2.45) is 5.73 Å². The lowest BCUT2D eigenvalue weighted by molar-refractivity contribution is -0.120. The summed E-state index contributed by atoms with van der Waals surface area (Å²) in [5.41, 5.74) is 9.33. The topological polar surface area (TPSA) is 55.1 Å². The van der Waals surface area contributed by atoms with Crippen molar-refractivity contribution >= 4 is 11.6 Å². The van der Waals surface area contributed by atoms with Gasteiger partial charge in [-0.3, -0.25) is 4.79 Å².